The average Bonchev–Trinajstić information content (AvgIpc) is 3.28. The second kappa shape index (κ2) is 7.74. The Labute approximate surface area is 166 Å². The fraction of sp³-hybridized carbons (Fsp3) is 0.316. The van der Waals surface area contributed by atoms with Crippen molar-refractivity contribution in [3.63, 3.8) is 0 Å². The van der Waals surface area contributed by atoms with Crippen LogP contribution in [-0.4, -0.2) is 27.2 Å². The molecule has 0 saturated heterocycles. The van der Waals surface area contributed by atoms with E-state index >= 15 is 0 Å². The molecule has 2 aromatic heterocycles. The molecule has 0 fully saturated rings. The van der Waals surface area contributed by atoms with Gasteiger partial charge in [-0.2, -0.15) is 5.10 Å². The van der Waals surface area contributed by atoms with Crippen LogP contribution >= 0.6 is 23.6 Å². The third kappa shape index (κ3) is 4.17. The van der Waals surface area contributed by atoms with Crippen molar-refractivity contribution in [3.8, 4) is 10.7 Å². The summed E-state index contributed by atoms with van der Waals surface area (Å²) in [5, 5.41) is 11.9. The summed E-state index contributed by atoms with van der Waals surface area (Å²) in [5.41, 5.74) is 0.418. The van der Waals surface area contributed by atoms with Gasteiger partial charge in [-0.15, -0.1) is 11.3 Å². The van der Waals surface area contributed by atoms with Gasteiger partial charge < -0.3 is 5.32 Å². The summed E-state index contributed by atoms with van der Waals surface area (Å²) in [6.07, 6.45) is 0. The van der Waals surface area contributed by atoms with Gasteiger partial charge in [0.1, 0.15) is 11.9 Å². The maximum absolute atomic E-state index is 13.5. The first-order valence-electron chi connectivity index (χ1n) is 8.54. The Kier molecular flexibility index (Phi) is 5.57. The summed E-state index contributed by atoms with van der Waals surface area (Å²) >= 11 is 6.85. The first-order valence-corrected chi connectivity index (χ1v) is 9.83. The van der Waals surface area contributed by atoms with Crippen molar-refractivity contribution >= 4 is 29.5 Å². The number of hydrogen-bond acceptors (Lipinski definition) is 4. The lowest BCUT2D eigenvalue weighted by molar-refractivity contribution is -0.124. The molecule has 2 N–H and O–H groups in total. The molecule has 1 amide bonds. The zero-order chi connectivity index (χ0) is 19.6. The van der Waals surface area contributed by atoms with E-state index in [0.29, 0.717) is 17.1 Å². The summed E-state index contributed by atoms with van der Waals surface area (Å²) < 4.78 is 15.6. The van der Waals surface area contributed by atoms with E-state index in [1.54, 1.807) is 17.6 Å². The van der Waals surface area contributed by atoms with Crippen LogP contribution in [0.2, 0.25) is 0 Å². The Bertz CT molecular complexity index is 991. The van der Waals surface area contributed by atoms with Gasteiger partial charge in [-0.05, 0) is 48.3 Å². The first-order chi connectivity index (χ1) is 12.8. The predicted molar refractivity (Wildman–Crippen MR) is 108 cm³/mol. The number of nitrogens with one attached hydrogen (secondary N) is 2. The molecule has 3 aromatic rings. The molecule has 0 saturated carbocycles. The first kappa shape index (κ1) is 19.4. The fourth-order valence-corrected chi connectivity index (χ4v) is 3.83. The molecule has 5 nitrogen and oxygen atoms in total. The number of nitrogens with zero attached hydrogens (tertiary/aromatic N) is 2. The summed E-state index contributed by atoms with van der Waals surface area (Å²) in [4.78, 5) is 13.7. The van der Waals surface area contributed by atoms with E-state index in [2.05, 4.69) is 15.5 Å². The fourth-order valence-electron chi connectivity index (χ4n) is 2.83. The SMILES string of the molecule is CC(C(=O)NCC(C)(C)c1cccc(F)c1)n1c(-c2cccs2)n[nH]c1=S. The molecule has 1 atom stereocenters. The molecular formula is C19H21FN4OS2. The molecule has 0 spiro atoms. The Balaban J connectivity index is 1.76. The number of rotatable bonds is 6. The monoisotopic (exact) mass is 404 g/mol. The van der Waals surface area contributed by atoms with Gasteiger partial charge in [-0.1, -0.05) is 32.0 Å². The molecule has 0 bridgehead atoms. The van der Waals surface area contributed by atoms with Crippen molar-refractivity contribution < 1.29 is 9.18 Å². The number of H-pyrrole nitrogens is 1. The van der Waals surface area contributed by atoms with Gasteiger partial charge in [-0.3, -0.25) is 14.5 Å². The third-order valence-electron chi connectivity index (χ3n) is 4.52. The number of carbonyl (C=O) groups excluding carboxylic acids is 1. The minimum atomic E-state index is -0.531. The number of amides is 1. The minimum absolute atomic E-state index is 0.171. The number of halogens is 1. The molecule has 0 aliphatic carbocycles. The molecule has 0 radical (unpaired) electrons. The number of aromatic amines is 1. The Morgan fingerprint density at radius 2 is 2.19 bits per heavy atom. The predicted octanol–water partition coefficient (Wildman–Crippen LogP) is 4.46. The van der Waals surface area contributed by atoms with Gasteiger partial charge in [0.25, 0.3) is 0 Å². The summed E-state index contributed by atoms with van der Waals surface area (Å²) in [5.74, 6) is 0.183. The van der Waals surface area contributed by atoms with Crippen LogP contribution in [0.4, 0.5) is 4.39 Å². The molecule has 0 aliphatic heterocycles. The topological polar surface area (TPSA) is 62.7 Å². The second-order valence-electron chi connectivity index (χ2n) is 6.99. The third-order valence-corrected chi connectivity index (χ3v) is 5.68. The maximum Gasteiger partial charge on any atom is 0.242 e. The number of thiophene rings is 1. The molecule has 3 rings (SSSR count). The standard InChI is InChI=1S/C19H21FN4OS2/c1-12(24-16(22-23-18(24)26)15-8-5-9-27-15)17(25)21-11-19(2,3)13-6-4-7-14(20)10-13/h4-10,12H,11H2,1-3H3,(H,21,25)(H,23,26). The van der Waals surface area contributed by atoms with Crippen LogP contribution in [0, 0.1) is 10.6 Å². The molecule has 8 heteroatoms. The molecule has 27 heavy (non-hydrogen) atoms. The van der Waals surface area contributed by atoms with Gasteiger partial charge in [0, 0.05) is 12.0 Å². The Morgan fingerprint density at radius 3 is 2.85 bits per heavy atom. The van der Waals surface area contributed by atoms with Crippen LogP contribution in [0.3, 0.4) is 0 Å². The maximum atomic E-state index is 13.5. The van der Waals surface area contributed by atoms with Crippen molar-refractivity contribution in [2.45, 2.75) is 32.2 Å². The molecule has 2 heterocycles. The van der Waals surface area contributed by atoms with Crippen LogP contribution in [-0.2, 0) is 10.2 Å². The van der Waals surface area contributed by atoms with Gasteiger partial charge >= 0.3 is 0 Å². The van der Waals surface area contributed by atoms with Crippen molar-refractivity contribution in [1.29, 1.82) is 0 Å². The lowest BCUT2D eigenvalue weighted by Gasteiger charge is -2.27. The lowest BCUT2D eigenvalue weighted by atomic mass is 9.84. The zero-order valence-electron chi connectivity index (χ0n) is 15.3. The van der Waals surface area contributed by atoms with Gasteiger partial charge in [0.15, 0.2) is 10.6 Å². The van der Waals surface area contributed by atoms with Crippen molar-refractivity contribution in [3.05, 3.63) is 57.9 Å². The molecular weight excluding hydrogens is 383 g/mol. The highest BCUT2D eigenvalue weighted by Crippen LogP contribution is 2.26. The highest BCUT2D eigenvalue weighted by atomic mass is 32.1. The molecule has 142 valence electrons. The van der Waals surface area contributed by atoms with E-state index in [4.69, 9.17) is 12.2 Å². The van der Waals surface area contributed by atoms with Crippen LogP contribution in [0.1, 0.15) is 32.4 Å². The van der Waals surface area contributed by atoms with Crippen molar-refractivity contribution in [2.24, 2.45) is 0 Å². The quantitative estimate of drug-likeness (QED) is 0.596. The van der Waals surface area contributed by atoms with Crippen LogP contribution in [0.25, 0.3) is 10.7 Å². The summed E-state index contributed by atoms with van der Waals surface area (Å²) in [7, 11) is 0. The van der Waals surface area contributed by atoms with Crippen molar-refractivity contribution in [2.75, 3.05) is 6.54 Å². The van der Waals surface area contributed by atoms with Gasteiger partial charge in [0.05, 0.1) is 4.88 Å². The van der Waals surface area contributed by atoms with E-state index in [-0.39, 0.29) is 11.7 Å². The Hall–Kier alpha value is -2.32. The number of hydrogen-bond donors (Lipinski definition) is 2. The normalized spacial score (nSPS) is 12.7. The summed E-state index contributed by atoms with van der Waals surface area (Å²) in [6.45, 7) is 6.09. The highest BCUT2D eigenvalue weighted by Gasteiger charge is 2.25. The van der Waals surface area contributed by atoms with Crippen LogP contribution in [0.15, 0.2) is 41.8 Å². The van der Waals surface area contributed by atoms with Crippen LogP contribution in [0.5, 0.6) is 0 Å². The van der Waals surface area contributed by atoms with E-state index in [1.807, 2.05) is 37.4 Å². The number of aromatic nitrogens is 3. The van der Waals surface area contributed by atoms with E-state index in [1.165, 1.54) is 23.5 Å². The van der Waals surface area contributed by atoms with E-state index in [9.17, 15) is 9.18 Å². The summed E-state index contributed by atoms with van der Waals surface area (Å²) in [6, 6.07) is 9.77. The van der Waals surface area contributed by atoms with Gasteiger partial charge in [0.2, 0.25) is 5.91 Å². The number of benzene rings is 1. The van der Waals surface area contributed by atoms with E-state index in [0.717, 1.165) is 10.4 Å². The molecule has 0 aliphatic rings. The minimum Gasteiger partial charge on any atom is -0.353 e. The van der Waals surface area contributed by atoms with E-state index < -0.39 is 11.5 Å². The van der Waals surface area contributed by atoms with Crippen LogP contribution < -0.4 is 5.32 Å². The second-order valence-corrected chi connectivity index (χ2v) is 8.32. The molecule has 1 aromatic carbocycles. The zero-order valence-corrected chi connectivity index (χ0v) is 17.0. The highest BCUT2D eigenvalue weighted by molar-refractivity contribution is 7.71. The Morgan fingerprint density at radius 1 is 1.41 bits per heavy atom. The average molecular weight is 405 g/mol. The molecule has 1 unspecified atom stereocenters. The van der Waals surface area contributed by atoms with Gasteiger partial charge in [-0.25, -0.2) is 4.39 Å². The largest absolute Gasteiger partial charge is 0.353 e. The lowest BCUT2D eigenvalue weighted by Crippen LogP contribution is -2.39. The van der Waals surface area contributed by atoms with Crippen molar-refractivity contribution in [1.82, 2.24) is 20.1 Å². The number of carbonyl (C=O) groups is 1. The smallest absolute Gasteiger partial charge is 0.242 e.